The Morgan fingerprint density at radius 3 is 2.38 bits per heavy atom. The summed E-state index contributed by atoms with van der Waals surface area (Å²) in [5.41, 5.74) is 1.41. The molecule has 1 aliphatic rings. The van der Waals surface area contributed by atoms with Crippen molar-refractivity contribution < 1.29 is 47.2 Å². The van der Waals surface area contributed by atoms with Crippen LogP contribution in [0, 0.1) is 0 Å². The minimum absolute atomic E-state index is 0.0625. The summed E-state index contributed by atoms with van der Waals surface area (Å²) in [6.45, 7) is -0.493. The van der Waals surface area contributed by atoms with E-state index >= 15 is 0 Å². The molecule has 0 bridgehead atoms. The summed E-state index contributed by atoms with van der Waals surface area (Å²) in [5, 5.41) is 18.5. The highest BCUT2D eigenvalue weighted by Crippen LogP contribution is 2.37. The van der Waals surface area contributed by atoms with Crippen molar-refractivity contribution in [3.8, 4) is 23.0 Å². The number of carbonyl (C=O) groups excluding carboxylic acids is 1. The topological polar surface area (TPSA) is 149 Å². The first-order valence-electron chi connectivity index (χ1n) is 14.0. The zero-order valence-electron chi connectivity index (χ0n) is 24.6. The highest BCUT2D eigenvalue weighted by atomic mass is 35.5. The Balaban J connectivity index is 1.63. The SMILES string of the molecule is COc1ccc(CC[C@@H](OC(=O)C2CCCCN2S(=O)(=O)c2cc(Cl)c(O)c(Cl)c2)c2cccc(OCC(=O)O)c2)cc1OC. The van der Waals surface area contributed by atoms with Crippen LogP contribution in [0.4, 0.5) is 0 Å². The molecule has 1 heterocycles. The first-order valence-corrected chi connectivity index (χ1v) is 16.2. The van der Waals surface area contributed by atoms with Gasteiger partial charge >= 0.3 is 11.9 Å². The molecule has 3 aromatic carbocycles. The van der Waals surface area contributed by atoms with Crippen molar-refractivity contribution in [1.29, 1.82) is 0 Å². The molecule has 1 saturated heterocycles. The predicted molar refractivity (Wildman–Crippen MR) is 166 cm³/mol. The van der Waals surface area contributed by atoms with Crippen molar-refractivity contribution >= 4 is 45.2 Å². The molecule has 14 heteroatoms. The van der Waals surface area contributed by atoms with E-state index in [9.17, 15) is 23.1 Å². The number of benzene rings is 3. The molecule has 2 atom stereocenters. The Labute approximate surface area is 271 Å². The molecule has 4 rings (SSSR count). The number of carboxylic acids is 1. The number of phenols is 1. The molecule has 0 amide bonds. The number of carboxylic acid groups (broad SMARTS) is 1. The number of rotatable bonds is 13. The highest BCUT2D eigenvalue weighted by Gasteiger charge is 2.40. The van der Waals surface area contributed by atoms with E-state index in [1.54, 1.807) is 30.3 Å². The molecular weight excluding hydrogens is 649 g/mol. The lowest BCUT2D eigenvalue weighted by molar-refractivity contribution is -0.155. The Morgan fingerprint density at radius 2 is 1.71 bits per heavy atom. The number of ether oxygens (including phenoxy) is 4. The minimum atomic E-state index is -4.26. The third-order valence-corrected chi connectivity index (χ3v) is 9.78. The molecule has 2 N–H and O–H groups in total. The number of hydrogen-bond donors (Lipinski definition) is 2. The lowest BCUT2D eigenvalue weighted by Crippen LogP contribution is -2.48. The molecule has 3 aromatic rings. The maximum Gasteiger partial charge on any atom is 0.341 e. The zero-order valence-corrected chi connectivity index (χ0v) is 26.9. The summed E-state index contributed by atoms with van der Waals surface area (Å²) in [5.74, 6) is -0.980. The summed E-state index contributed by atoms with van der Waals surface area (Å²) < 4.78 is 50.6. The number of nitrogens with zero attached hydrogens (tertiary/aromatic N) is 1. The van der Waals surface area contributed by atoms with E-state index in [4.69, 9.17) is 47.3 Å². The Hall–Kier alpha value is -3.71. The number of hydrogen-bond acceptors (Lipinski definition) is 9. The molecular formula is C31H33Cl2NO10S. The second-order valence-electron chi connectivity index (χ2n) is 10.3. The fourth-order valence-electron chi connectivity index (χ4n) is 5.05. The molecule has 1 unspecified atom stereocenters. The van der Waals surface area contributed by atoms with Gasteiger partial charge in [0, 0.05) is 6.54 Å². The Morgan fingerprint density at radius 1 is 1.00 bits per heavy atom. The standard InChI is InChI=1S/C31H33Cl2NO10S/c1-41-27-12-10-19(14-28(27)42-2)9-11-26(20-6-5-7-21(15-20)43-18-29(35)36)44-31(38)25-8-3-4-13-34(25)45(39,40)22-16-23(32)30(37)24(33)17-22/h5-7,10,12,14-17,25-26,37H,3-4,8-9,11,13,18H2,1-2H3,(H,35,36)/t25?,26-/m1/s1. The molecule has 0 aliphatic carbocycles. The van der Waals surface area contributed by atoms with Crippen molar-refractivity contribution in [3.05, 3.63) is 75.8 Å². The fourth-order valence-corrected chi connectivity index (χ4v) is 7.37. The van der Waals surface area contributed by atoms with Gasteiger partial charge in [-0.25, -0.2) is 13.2 Å². The molecule has 1 fully saturated rings. The average Bonchev–Trinajstić information content (AvgIpc) is 3.04. The third kappa shape index (κ3) is 8.31. The molecule has 0 spiro atoms. The monoisotopic (exact) mass is 681 g/mol. The molecule has 0 saturated carbocycles. The second kappa shape index (κ2) is 15.0. The number of sulfonamides is 1. The van der Waals surface area contributed by atoms with Crippen molar-refractivity contribution in [2.75, 3.05) is 27.4 Å². The normalized spacial score (nSPS) is 16.0. The lowest BCUT2D eigenvalue weighted by Gasteiger charge is -2.34. The van der Waals surface area contributed by atoms with Gasteiger partial charge in [-0.15, -0.1) is 0 Å². The average molecular weight is 683 g/mol. The first-order chi connectivity index (χ1) is 21.4. The summed E-state index contributed by atoms with van der Waals surface area (Å²) in [6, 6.07) is 13.0. The number of halogens is 2. The van der Waals surface area contributed by atoms with Gasteiger partial charge in [-0.1, -0.05) is 41.4 Å². The van der Waals surface area contributed by atoms with Crippen molar-refractivity contribution in [2.24, 2.45) is 0 Å². The summed E-state index contributed by atoms with van der Waals surface area (Å²) in [6.07, 6.45) is 1.23. The van der Waals surface area contributed by atoms with E-state index in [0.717, 1.165) is 22.0 Å². The highest BCUT2D eigenvalue weighted by molar-refractivity contribution is 7.89. The van der Waals surface area contributed by atoms with E-state index < -0.39 is 46.5 Å². The summed E-state index contributed by atoms with van der Waals surface area (Å²) in [7, 11) is -1.20. The van der Waals surface area contributed by atoms with Crippen LogP contribution in [0.1, 0.15) is 42.9 Å². The van der Waals surface area contributed by atoms with Crippen molar-refractivity contribution in [2.45, 2.75) is 49.1 Å². The van der Waals surface area contributed by atoms with Crippen LogP contribution in [0.25, 0.3) is 0 Å². The minimum Gasteiger partial charge on any atom is -0.505 e. The molecule has 242 valence electrons. The van der Waals surface area contributed by atoms with Gasteiger partial charge in [0.2, 0.25) is 10.0 Å². The zero-order chi connectivity index (χ0) is 32.7. The van der Waals surface area contributed by atoms with Crippen LogP contribution in [-0.2, 0) is 30.8 Å². The van der Waals surface area contributed by atoms with Gasteiger partial charge in [-0.05, 0) is 79.6 Å². The van der Waals surface area contributed by atoms with Crippen LogP contribution in [0.5, 0.6) is 23.0 Å². The van der Waals surface area contributed by atoms with Gasteiger partial charge in [-0.3, -0.25) is 4.79 Å². The van der Waals surface area contributed by atoms with Crippen LogP contribution in [0.2, 0.25) is 10.0 Å². The van der Waals surface area contributed by atoms with E-state index in [0.29, 0.717) is 42.7 Å². The van der Waals surface area contributed by atoms with Crippen LogP contribution in [0.3, 0.4) is 0 Å². The molecule has 0 radical (unpaired) electrons. The predicted octanol–water partition coefficient (Wildman–Crippen LogP) is 5.64. The van der Waals surface area contributed by atoms with Gasteiger partial charge in [0.15, 0.2) is 23.9 Å². The third-order valence-electron chi connectivity index (χ3n) is 7.32. The van der Waals surface area contributed by atoms with Gasteiger partial charge in [-0.2, -0.15) is 4.31 Å². The first kappa shape index (κ1) is 34.2. The van der Waals surface area contributed by atoms with E-state index in [-0.39, 0.29) is 33.7 Å². The summed E-state index contributed by atoms with van der Waals surface area (Å²) >= 11 is 12.0. The quantitative estimate of drug-likeness (QED) is 0.217. The van der Waals surface area contributed by atoms with Gasteiger partial charge in [0.1, 0.15) is 17.9 Å². The molecule has 0 aromatic heterocycles. The van der Waals surface area contributed by atoms with Crippen LogP contribution < -0.4 is 14.2 Å². The van der Waals surface area contributed by atoms with Crippen LogP contribution in [0.15, 0.2) is 59.5 Å². The number of carbonyl (C=O) groups is 2. The summed E-state index contributed by atoms with van der Waals surface area (Å²) in [4.78, 5) is 24.6. The second-order valence-corrected chi connectivity index (χ2v) is 13.0. The van der Waals surface area contributed by atoms with Gasteiger partial charge in [0.25, 0.3) is 0 Å². The Kier molecular flexibility index (Phi) is 11.4. The number of esters is 1. The fraction of sp³-hybridized carbons (Fsp3) is 0.355. The number of methoxy groups -OCH3 is 2. The van der Waals surface area contributed by atoms with E-state index in [2.05, 4.69) is 0 Å². The number of phenolic OH excluding ortho intramolecular Hbond substituents is 1. The van der Waals surface area contributed by atoms with Crippen LogP contribution >= 0.6 is 23.2 Å². The largest absolute Gasteiger partial charge is 0.505 e. The number of aryl methyl sites for hydroxylation is 1. The van der Waals surface area contributed by atoms with Crippen molar-refractivity contribution in [3.63, 3.8) is 0 Å². The number of piperidine rings is 1. The van der Waals surface area contributed by atoms with E-state index in [1.165, 1.54) is 14.2 Å². The van der Waals surface area contributed by atoms with Crippen molar-refractivity contribution in [1.82, 2.24) is 4.31 Å². The van der Waals surface area contributed by atoms with Crippen LogP contribution in [-0.4, -0.2) is 68.3 Å². The Bertz CT molecular complexity index is 1630. The number of aliphatic carboxylic acids is 1. The maximum absolute atomic E-state index is 13.8. The van der Waals surface area contributed by atoms with E-state index in [1.807, 2.05) is 12.1 Å². The van der Waals surface area contributed by atoms with Gasteiger partial charge < -0.3 is 29.2 Å². The smallest absolute Gasteiger partial charge is 0.341 e. The molecule has 1 aliphatic heterocycles. The number of aromatic hydroxyl groups is 1. The maximum atomic E-state index is 13.8. The lowest BCUT2D eigenvalue weighted by atomic mass is 10.00. The molecule has 45 heavy (non-hydrogen) atoms. The molecule has 11 nitrogen and oxygen atoms in total. The van der Waals surface area contributed by atoms with Gasteiger partial charge in [0.05, 0.1) is 29.2 Å².